The molecule has 5 heteroatoms. The fourth-order valence-corrected chi connectivity index (χ4v) is 4.40. The third kappa shape index (κ3) is 3.37. The lowest BCUT2D eigenvalue weighted by Crippen LogP contribution is -2.12. The summed E-state index contributed by atoms with van der Waals surface area (Å²) in [5.41, 5.74) is 2.45. The Morgan fingerprint density at radius 1 is 0.862 bits per heavy atom. The van der Waals surface area contributed by atoms with E-state index in [0.717, 1.165) is 27.4 Å². The Morgan fingerprint density at radius 2 is 1.66 bits per heavy atom. The first-order valence-corrected chi connectivity index (χ1v) is 10.4. The van der Waals surface area contributed by atoms with E-state index in [1.807, 2.05) is 47.8 Å². The number of halogens is 1. The average molecular weight is 415 g/mol. The number of aromatic nitrogens is 1. The second-order valence-electron chi connectivity index (χ2n) is 6.69. The van der Waals surface area contributed by atoms with Crippen LogP contribution in [-0.4, -0.2) is 10.9 Å². The fourth-order valence-electron chi connectivity index (χ4n) is 3.45. The first-order valence-electron chi connectivity index (χ1n) is 9.12. The predicted molar refractivity (Wildman–Crippen MR) is 122 cm³/mol. The molecule has 0 spiro atoms. The average Bonchev–Trinajstić information content (AvgIpc) is 3.22. The molecule has 0 bridgehead atoms. The molecular weight excluding hydrogens is 400 g/mol. The predicted octanol–water partition coefficient (Wildman–Crippen LogP) is 7.02. The summed E-state index contributed by atoms with van der Waals surface area (Å²) in [6.07, 6.45) is 0. The number of anilines is 1. The molecule has 1 heterocycles. The van der Waals surface area contributed by atoms with Crippen molar-refractivity contribution in [3.05, 3.63) is 94.8 Å². The van der Waals surface area contributed by atoms with Crippen molar-refractivity contribution in [2.45, 2.75) is 0 Å². The molecule has 5 rings (SSSR count). The zero-order chi connectivity index (χ0) is 19.8. The van der Waals surface area contributed by atoms with Gasteiger partial charge < -0.3 is 0 Å². The van der Waals surface area contributed by atoms with E-state index in [9.17, 15) is 4.79 Å². The zero-order valence-corrected chi connectivity index (χ0v) is 16.8. The molecule has 1 N–H and O–H groups in total. The zero-order valence-electron chi connectivity index (χ0n) is 15.2. The molecule has 0 fully saturated rings. The van der Waals surface area contributed by atoms with E-state index in [1.165, 1.54) is 16.7 Å². The maximum absolute atomic E-state index is 12.9. The van der Waals surface area contributed by atoms with Gasteiger partial charge in [-0.1, -0.05) is 72.3 Å². The topological polar surface area (TPSA) is 42.0 Å². The smallest absolute Gasteiger partial charge is 0.258 e. The summed E-state index contributed by atoms with van der Waals surface area (Å²) in [7, 11) is 0. The van der Waals surface area contributed by atoms with Crippen molar-refractivity contribution in [3.8, 4) is 11.3 Å². The van der Waals surface area contributed by atoms with Crippen LogP contribution in [0.15, 0.2) is 84.2 Å². The van der Waals surface area contributed by atoms with Gasteiger partial charge >= 0.3 is 0 Å². The number of benzene rings is 4. The first kappa shape index (κ1) is 17.9. The second kappa shape index (κ2) is 7.32. The van der Waals surface area contributed by atoms with E-state index < -0.39 is 0 Å². The molecule has 0 radical (unpaired) electrons. The molecule has 0 aliphatic carbocycles. The molecule has 0 aliphatic rings. The van der Waals surface area contributed by atoms with Gasteiger partial charge in [0.15, 0.2) is 5.13 Å². The molecule has 29 heavy (non-hydrogen) atoms. The van der Waals surface area contributed by atoms with Crippen molar-refractivity contribution in [2.24, 2.45) is 0 Å². The molecule has 3 nitrogen and oxygen atoms in total. The van der Waals surface area contributed by atoms with E-state index in [4.69, 9.17) is 11.6 Å². The van der Waals surface area contributed by atoms with Gasteiger partial charge in [0.25, 0.3) is 5.91 Å². The summed E-state index contributed by atoms with van der Waals surface area (Å²) < 4.78 is 0. The van der Waals surface area contributed by atoms with E-state index >= 15 is 0 Å². The van der Waals surface area contributed by atoms with Crippen molar-refractivity contribution in [3.63, 3.8) is 0 Å². The molecule has 5 aromatic rings. The molecule has 0 unspecified atom stereocenters. The van der Waals surface area contributed by atoms with Crippen LogP contribution in [0.2, 0.25) is 5.02 Å². The van der Waals surface area contributed by atoms with Gasteiger partial charge in [-0.25, -0.2) is 4.98 Å². The number of rotatable bonds is 3. The number of nitrogens with zero attached hydrogens (tertiary/aromatic N) is 1. The van der Waals surface area contributed by atoms with Gasteiger partial charge in [0.1, 0.15) is 0 Å². The number of carbonyl (C=O) groups excluding carboxylic acids is 1. The third-order valence-corrected chi connectivity index (χ3v) is 5.97. The van der Waals surface area contributed by atoms with Gasteiger partial charge in [-0.2, -0.15) is 0 Å². The first-order chi connectivity index (χ1) is 14.2. The standard InChI is InChI=1S/C24H15ClN2OS/c25-21-10-4-7-18-19(21)8-3-9-20(18)23(28)27-24-26-22(14-29-24)17-12-11-15-5-1-2-6-16(15)13-17/h1-14H,(H,26,27,28). The highest BCUT2D eigenvalue weighted by Gasteiger charge is 2.14. The van der Waals surface area contributed by atoms with Crippen LogP contribution in [0.4, 0.5) is 5.13 Å². The normalized spacial score (nSPS) is 11.1. The molecule has 0 aliphatic heterocycles. The number of fused-ring (bicyclic) bond motifs is 2. The van der Waals surface area contributed by atoms with Gasteiger partial charge in [-0.15, -0.1) is 11.3 Å². The van der Waals surface area contributed by atoms with Crippen LogP contribution >= 0.6 is 22.9 Å². The van der Waals surface area contributed by atoms with Crippen LogP contribution in [0.3, 0.4) is 0 Å². The van der Waals surface area contributed by atoms with Crippen molar-refractivity contribution >= 4 is 55.5 Å². The Bertz CT molecular complexity index is 1380. The quantitative estimate of drug-likeness (QED) is 0.344. The SMILES string of the molecule is O=C(Nc1nc(-c2ccc3ccccc3c2)cs1)c1cccc2c(Cl)cccc12. The Kier molecular flexibility index (Phi) is 4.51. The van der Waals surface area contributed by atoms with Crippen molar-refractivity contribution in [1.82, 2.24) is 4.98 Å². The molecule has 0 saturated carbocycles. The van der Waals surface area contributed by atoms with Crippen LogP contribution in [0.5, 0.6) is 0 Å². The highest BCUT2D eigenvalue weighted by molar-refractivity contribution is 7.14. The minimum absolute atomic E-state index is 0.197. The minimum Gasteiger partial charge on any atom is -0.298 e. The summed E-state index contributed by atoms with van der Waals surface area (Å²) in [5, 5.41) is 10.1. The molecule has 0 atom stereocenters. The van der Waals surface area contributed by atoms with E-state index in [2.05, 4.69) is 40.6 Å². The van der Waals surface area contributed by atoms with Crippen LogP contribution < -0.4 is 5.32 Å². The number of amides is 1. The third-order valence-electron chi connectivity index (χ3n) is 4.88. The Hall–Kier alpha value is -3.21. The minimum atomic E-state index is -0.197. The van der Waals surface area contributed by atoms with Crippen molar-refractivity contribution in [1.29, 1.82) is 0 Å². The molecule has 4 aromatic carbocycles. The lowest BCUT2D eigenvalue weighted by Gasteiger charge is -2.07. The van der Waals surface area contributed by atoms with Crippen LogP contribution in [0.1, 0.15) is 10.4 Å². The van der Waals surface area contributed by atoms with Crippen LogP contribution in [-0.2, 0) is 0 Å². The molecule has 1 amide bonds. The molecule has 0 saturated heterocycles. The van der Waals surface area contributed by atoms with Gasteiger partial charge in [0.05, 0.1) is 5.69 Å². The highest BCUT2D eigenvalue weighted by Crippen LogP contribution is 2.29. The largest absolute Gasteiger partial charge is 0.298 e. The monoisotopic (exact) mass is 414 g/mol. The number of thiazole rings is 1. The van der Waals surface area contributed by atoms with Gasteiger partial charge in [-0.05, 0) is 34.4 Å². The van der Waals surface area contributed by atoms with E-state index in [1.54, 1.807) is 6.07 Å². The maximum Gasteiger partial charge on any atom is 0.258 e. The summed E-state index contributed by atoms with van der Waals surface area (Å²) in [4.78, 5) is 17.5. The molecule has 140 valence electrons. The lowest BCUT2D eigenvalue weighted by molar-refractivity contribution is 0.102. The number of hydrogen-bond donors (Lipinski definition) is 1. The van der Waals surface area contributed by atoms with Gasteiger partial charge in [0.2, 0.25) is 0 Å². The van der Waals surface area contributed by atoms with Gasteiger partial charge in [-0.3, -0.25) is 10.1 Å². The second-order valence-corrected chi connectivity index (χ2v) is 7.96. The summed E-state index contributed by atoms with van der Waals surface area (Å²) in [6.45, 7) is 0. The maximum atomic E-state index is 12.9. The lowest BCUT2D eigenvalue weighted by atomic mass is 10.0. The molecular formula is C24H15ClN2OS. The Labute approximate surface area is 176 Å². The van der Waals surface area contributed by atoms with Crippen molar-refractivity contribution in [2.75, 3.05) is 5.32 Å². The number of nitrogens with one attached hydrogen (secondary N) is 1. The summed E-state index contributed by atoms with van der Waals surface area (Å²) >= 11 is 7.68. The fraction of sp³-hybridized carbons (Fsp3) is 0. The molecule has 1 aromatic heterocycles. The Balaban J connectivity index is 1.44. The van der Waals surface area contributed by atoms with E-state index in [0.29, 0.717) is 15.7 Å². The summed E-state index contributed by atoms with van der Waals surface area (Å²) in [6, 6.07) is 25.6. The van der Waals surface area contributed by atoms with Crippen molar-refractivity contribution < 1.29 is 4.79 Å². The van der Waals surface area contributed by atoms with E-state index in [-0.39, 0.29) is 5.91 Å². The summed E-state index contributed by atoms with van der Waals surface area (Å²) in [5.74, 6) is -0.197. The number of carbonyl (C=O) groups is 1. The van der Waals surface area contributed by atoms with Crippen LogP contribution in [0.25, 0.3) is 32.8 Å². The highest BCUT2D eigenvalue weighted by atomic mass is 35.5. The van der Waals surface area contributed by atoms with Gasteiger partial charge in [0, 0.05) is 26.9 Å². The van der Waals surface area contributed by atoms with Crippen LogP contribution in [0, 0.1) is 0 Å². The number of hydrogen-bond acceptors (Lipinski definition) is 3. The Morgan fingerprint density at radius 3 is 2.55 bits per heavy atom.